The molecule has 0 bridgehead atoms. The van der Waals surface area contributed by atoms with Crippen molar-refractivity contribution in [3.8, 4) is 17.2 Å². The topological polar surface area (TPSA) is 104 Å². The number of para-hydroxylation sites is 1. The van der Waals surface area contributed by atoms with Crippen LogP contribution in [0, 0.1) is 5.41 Å². The Labute approximate surface area is 206 Å². The molecular weight excluding hydrogens is 450 g/mol. The first-order valence-electron chi connectivity index (χ1n) is 12.1. The van der Waals surface area contributed by atoms with Crippen LogP contribution in [0.5, 0.6) is 17.2 Å². The van der Waals surface area contributed by atoms with E-state index in [2.05, 4.69) is 4.98 Å². The monoisotopic (exact) mass is 485 g/mol. The van der Waals surface area contributed by atoms with E-state index in [0.29, 0.717) is 31.6 Å². The van der Waals surface area contributed by atoms with Crippen molar-refractivity contribution in [3.05, 3.63) is 48.3 Å². The molecule has 0 radical (unpaired) electrons. The largest absolute Gasteiger partial charge is 0.503 e. The Bertz CT molecular complexity index is 990. The molecule has 0 unspecified atom stereocenters. The quantitative estimate of drug-likeness (QED) is 0.302. The highest BCUT2D eigenvalue weighted by molar-refractivity contribution is 6.00. The summed E-state index contributed by atoms with van der Waals surface area (Å²) in [4.78, 5) is 30.1. The number of hydrogen-bond donors (Lipinski definition) is 1. The van der Waals surface area contributed by atoms with Crippen LogP contribution >= 0.6 is 0 Å². The fourth-order valence-corrected chi connectivity index (χ4v) is 4.01. The molecule has 1 aromatic carbocycles. The molecule has 2 aromatic rings. The molecule has 8 heteroatoms. The van der Waals surface area contributed by atoms with Gasteiger partial charge in [-0.2, -0.15) is 0 Å². The van der Waals surface area contributed by atoms with Crippen molar-refractivity contribution >= 4 is 11.8 Å². The first kappa shape index (κ1) is 26.5. The maximum atomic E-state index is 13.2. The van der Waals surface area contributed by atoms with Crippen molar-refractivity contribution in [1.82, 2.24) is 4.98 Å². The van der Waals surface area contributed by atoms with Gasteiger partial charge in [-0.15, -0.1) is 0 Å². The zero-order valence-electron chi connectivity index (χ0n) is 20.9. The molecule has 3 atom stereocenters. The van der Waals surface area contributed by atoms with Gasteiger partial charge < -0.3 is 24.1 Å². The van der Waals surface area contributed by atoms with Crippen molar-refractivity contribution < 1.29 is 33.6 Å². The Morgan fingerprint density at radius 1 is 1.14 bits per heavy atom. The number of ketones is 1. The zero-order valence-corrected chi connectivity index (χ0v) is 20.9. The Balaban J connectivity index is 1.72. The molecule has 1 fully saturated rings. The predicted octanol–water partition coefficient (Wildman–Crippen LogP) is 4.73. The minimum Gasteiger partial charge on any atom is -0.503 e. The molecule has 8 nitrogen and oxygen atoms in total. The van der Waals surface area contributed by atoms with Gasteiger partial charge in [0, 0.05) is 25.3 Å². The second kappa shape index (κ2) is 12.0. The normalized spacial score (nSPS) is 16.6. The van der Waals surface area contributed by atoms with Gasteiger partial charge in [-0.05, 0) is 44.7 Å². The third-order valence-corrected chi connectivity index (χ3v) is 6.23. The molecule has 1 aromatic heterocycles. The fraction of sp³-hybridized carbons (Fsp3) is 0.519. The summed E-state index contributed by atoms with van der Waals surface area (Å²) in [5.74, 6) is -0.392. The lowest BCUT2D eigenvalue weighted by Crippen LogP contribution is -2.45. The Morgan fingerprint density at radius 3 is 2.46 bits per heavy atom. The van der Waals surface area contributed by atoms with Gasteiger partial charge in [-0.3, -0.25) is 9.59 Å². The van der Waals surface area contributed by atoms with E-state index in [-0.39, 0.29) is 29.7 Å². The summed E-state index contributed by atoms with van der Waals surface area (Å²) < 4.78 is 23.2. The molecule has 1 heterocycles. The number of carbonyl (C=O) groups is 2. The Morgan fingerprint density at radius 2 is 1.86 bits per heavy atom. The molecule has 1 aliphatic rings. The van der Waals surface area contributed by atoms with E-state index in [1.165, 1.54) is 19.4 Å². The van der Waals surface area contributed by atoms with Gasteiger partial charge in [0.15, 0.2) is 29.1 Å². The molecule has 190 valence electrons. The van der Waals surface area contributed by atoms with Crippen molar-refractivity contribution in [3.63, 3.8) is 0 Å². The molecule has 1 saturated carbocycles. The summed E-state index contributed by atoms with van der Waals surface area (Å²) in [5, 5.41) is 10.3. The van der Waals surface area contributed by atoms with E-state index in [4.69, 9.17) is 18.9 Å². The van der Waals surface area contributed by atoms with Gasteiger partial charge in [-0.25, -0.2) is 4.98 Å². The number of pyridine rings is 1. The maximum Gasteiger partial charge on any atom is 0.312 e. The minimum absolute atomic E-state index is 0.0972. The number of methoxy groups -OCH3 is 1. The number of carbonyl (C=O) groups excluding carboxylic acids is 2. The summed E-state index contributed by atoms with van der Waals surface area (Å²) in [6, 6.07) is 10.8. The van der Waals surface area contributed by atoms with Gasteiger partial charge in [0.25, 0.3) is 0 Å². The zero-order chi connectivity index (χ0) is 25.4. The van der Waals surface area contributed by atoms with E-state index in [1.54, 1.807) is 6.92 Å². The lowest BCUT2D eigenvalue weighted by Gasteiger charge is -2.32. The Hall–Kier alpha value is -3.13. The van der Waals surface area contributed by atoms with E-state index >= 15 is 0 Å². The van der Waals surface area contributed by atoms with Crippen LogP contribution in [0.15, 0.2) is 42.6 Å². The predicted molar refractivity (Wildman–Crippen MR) is 130 cm³/mol. The van der Waals surface area contributed by atoms with Crippen molar-refractivity contribution in [1.29, 1.82) is 0 Å². The summed E-state index contributed by atoms with van der Waals surface area (Å²) in [5.41, 5.74) is -1.04. The van der Waals surface area contributed by atoms with Crippen LogP contribution in [0.4, 0.5) is 0 Å². The molecule has 0 amide bonds. The first-order chi connectivity index (χ1) is 16.8. The van der Waals surface area contributed by atoms with Crippen LogP contribution in [0.2, 0.25) is 0 Å². The summed E-state index contributed by atoms with van der Waals surface area (Å²) >= 11 is 0. The number of aromatic hydroxyl groups is 1. The molecule has 35 heavy (non-hydrogen) atoms. The van der Waals surface area contributed by atoms with Gasteiger partial charge in [0.1, 0.15) is 11.9 Å². The molecule has 1 N–H and O–H groups in total. The molecule has 3 rings (SSSR count). The summed E-state index contributed by atoms with van der Waals surface area (Å²) in [6.45, 7) is 6.40. The lowest BCUT2D eigenvalue weighted by atomic mass is 9.97. The van der Waals surface area contributed by atoms with Crippen LogP contribution in [0.1, 0.15) is 63.4 Å². The number of hydrogen-bond acceptors (Lipinski definition) is 8. The average molecular weight is 486 g/mol. The SMILES string of the molecule is CCCO[C@@H](CC)[C@@H](Oc1ccccc1)[C@H](C)OC(=O)C1(CC(=O)c2nccc(OC)c2O)CC1. The van der Waals surface area contributed by atoms with Crippen LogP contribution in [-0.2, 0) is 14.3 Å². The number of nitrogens with zero attached hydrogens (tertiary/aromatic N) is 1. The van der Waals surface area contributed by atoms with Gasteiger partial charge in [-0.1, -0.05) is 32.0 Å². The average Bonchev–Trinajstić information content (AvgIpc) is 3.65. The second-order valence-electron chi connectivity index (χ2n) is 8.91. The number of ether oxygens (including phenoxy) is 4. The van der Waals surface area contributed by atoms with Gasteiger partial charge in [0.05, 0.1) is 18.6 Å². The van der Waals surface area contributed by atoms with Gasteiger partial charge >= 0.3 is 5.97 Å². The van der Waals surface area contributed by atoms with Crippen LogP contribution in [0.3, 0.4) is 0 Å². The fourth-order valence-electron chi connectivity index (χ4n) is 4.01. The molecule has 0 spiro atoms. The highest BCUT2D eigenvalue weighted by Crippen LogP contribution is 2.51. The van der Waals surface area contributed by atoms with Crippen LogP contribution < -0.4 is 9.47 Å². The number of Topliss-reactive ketones (excluding diaryl/α,β-unsaturated/α-hetero) is 1. The number of esters is 1. The van der Waals surface area contributed by atoms with E-state index in [1.807, 2.05) is 44.2 Å². The lowest BCUT2D eigenvalue weighted by molar-refractivity contribution is -0.164. The third-order valence-electron chi connectivity index (χ3n) is 6.23. The van der Waals surface area contributed by atoms with Crippen molar-refractivity contribution in [2.24, 2.45) is 5.41 Å². The second-order valence-corrected chi connectivity index (χ2v) is 8.91. The molecule has 0 saturated heterocycles. The minimum atomic E-state index is -0.925. The molecule has 0 aliphatic heterocycles. The van der Waals surface area contributed by atoms with E-state index in [9.17, 15) is 14.7 Å². The third kappa shape index (κ3) is 6.51. The van der Waals surface area contributed by atoms with Gasteiger partial charge in [0.2, 0.25) is 0 Å². The Kier molecular flexibility index (Phi) is 9.09. The van der Waals surface area contributed by atoms with Crippen molar-refractivity contribution in [2.75, 3.05) is 13.7 Å². The molecule has 1 aliphatic carbocycles. The van der Waals surface area contributed by atoms with E-state index < -0.39 is 29.4 Å². The standard InChI is InChI=1S/C27H35NO7/c1-5-16-33-21(6-2)25(35-19-10-8-7-9-11-19)18(3)34-26(31)27(13-14-27)17-20(29)23-24(30)22(32-4)12-15-28-23/h7-12,15,18,21,25,30H,5-6,13-14,16-17H2,1-4H3/t18-,21-,25-/m0/s1. The number of benzene rings is 1. The first-order valence-corrected chi connectivity index (χ1v) is 12.1. The highest BCUT2D eigenvalue weighted by Gasteiger charge is 2.54. The van der Waals surface area contributed by atoms with Crippen LogP contribution in [-0.4, -0.2) is 53.9 Å². The van der Waals surface area contributed by atoms with E-state index in [0.717, 1.165) is 6.42 Å². The summed E-state index contributed by atoms with van der Waals surface area (Å²) in [7, 11) is 1.40. The van der Waals surface area contributed by atoms with Crippen LogP contribution in [0.25, 0.3) is 0 Å². The number of rotatable bonds is 14. The molecular formula is C27H35NO7. The number of aromatic nitrogens is 1. The summed E-state index contributed by atoms with van der Waals surface area (Å²) in [6.07, 6.45) is 2.49. The maximum absolute atomic E-state index is 13.2. The highest BCUT2D eigenvalue weighted by atomic mass is 16.6. The smallest absolute Gasteiger partial charge is 0.312 e. The van der Waals surface area contributed by atoms with Crippen molar-refractivity contribution in [2.45, 2.75) is 71.2 Å².